The fraction of sp³-hybridized carbons (Fsp3) is 0.625. The van der Waals surface area contributed by atoms with Gasteiger partial charge in [-0.25, -0.2) is 9.78 Å². The smallest absolute Gasteiger partial charge is 0.323 e. The van der Waals surface area contributed by atoms with Gasteiger partial charge in [0.15, 0.2) is 0 Å². The Labute approximate surface area is 87.3 Å². The number of urea groups is 1. The first-order chi connectivity index (χ1) is 6.63. The van der Waals surface area contributed by atoms with Crippen LogP contribution in [0.1, 0.15) is 19.2 Å². The largest absolute Gasteiger partial charge is 0.331 e. The van der Waals surface area contributed by atoms with Gasteiger partial charge in [0, 0.05) is 32.0 Å². The van der Waals surface area contributed by atoms with Gasteiger partial charge in [-0.15, -0.1) is 0 Å². The van der Waals surface area contributed by atoms with Crippen LogP contribution >= 0.6 is 11.5 Å². The molecule has 1 N–H and O–H groups in total. The van der Waals surface area contributed by atoms with Crippen molar-refractivity contribution in [3.63, 3.8) is 0 Å². The van der Waals surface area contributed by atoms with E-state index in [1.54, 1.807) is 14.1 Å². The lowest BCUT2D eigenvalue weighted by Crippen LogP contribution is -2.27. The van der Waals surface area contributed by atoms with Gasteiger partial charge in [0.2, 0.25) is 5.13 Å². The van der Waals surface area contributed by atoms with E-state index < -0.39 is 0 Å². The molecule has 0 radical (unpaired) electrons. The number of aromatic nitrogens is 2. The Morgan fingerprint density at radius 3 is 2.86 bits per heavy atom. The standard InChI is InChI=1S/C8H14N4OS/c1-4-5-6-9-7(14-11-6)10-8(13)12(2)3/h4-5H2,1-3H3,(H,9,10,11,13). The minimum Gasteiger partial charge on any atom is -0.331 e. The first kappa shape index (κ1) is 10.9. The second-order valence-corrected chi connectivity index (χ2v) is 3.84. The van der Waals surface area contributed by atoms with Gasteiger partial charge in [0.05, 0.1) is 0 Å². The molecule has 0 saturated carbocycles. The van der Waals surface area contributed by atoms with E-state index in [-0.39, 0.29) is 6.03 Å². The Bertz CT molecular complexity index is 310. The number of hydrogen-bond donors (Lipinski definition) is 1. The average molecular weight is 214 g/mol. The molecule has 1 aromatic heterocycles. The first-order valence-corrected chi connectivity index (χ1v) is 5.21. The SMILES string of the molecule is CCCc1nsc(NC(=O)N(C)C)n1. The normalized spacial score (nSPS) is 9.93. The highest BCUT2D eigenvalue weighted by Gasteiger charge is 2.08. The zero-order valence-corrected chi connectivity index (χ0v) is 9.39. The molecule has 1 aromatic rings. The Hall–Kier alpha value is -1.17. The van der Waals surface area contributed by atoms with E-state index in [4.69, 9.17) is 0 Å². The maximum atomic E-state index is 11.2. The van der Waals surface area contributed by atoms with Crippen LogP contribution in [0, 0.1) is 0 Å². The third-order valence-electron chi connectivity index (χ3n) is 1.56. The van der Waals surface area contributed by atoms with Crippen molar-refractivity contribution >= 4 is 22.7 Å². The molecule has 0 unspecified atom stereocenters. The molecule has 14 heavy (non-hydrogen) atoms. The predicted molar refractivity (Wildman–Crippen MR) is 56.6 cm³/mol. The minimum atomic E-state index is -0.177. The molecule has 0 atom stereocenters. The van der Waals surface area contributed by atoms with Gasteiger partial charge in [-0.3, -0.25) is 5.32 Å². The van der Waals surface area contributed by atoms with Crippen LogP contribution in [0.25, 0.3) is 0 Å². The van der Waals surface area contributed by atoms with E-state index in [0.29, 0.717) is 5.13 Å². The lowest BCUT2D eigenvalue weighted by molar-refractivity contribution is 0.230. The summed E-state index contributed by atoms with van der Waals surface area (Å²) in [6.45, 7) is 2.07. The number of hydrogen-bond acceptors (Lipinski definition) is 4. The molecule has 1 heterocycles. The van der Waals surface area contributed by atoms with Crippen molar-refractivity contribution in [3.8, 4) is 0 Å². The Morgan fingerprint density at radius 2 is 2.29 bits per heavy atom. The van der Waals surface area contributed by atoms with E-state index >= 15 is 0 Å². The third kappa shape index (κ3) is 2.95. The van der Waals surface area contributed by atoms with Gasteiger partial charge in [-0.1, -0.05) is 6.92 Å². The Balaban J connectivity index is 2.55. The number of carbonyl (C=O) groups excluding carboxylic acids is 1. The van der Waals surface area contributed by atoms with Gasteiger partial charge < -0.3 is 4.90 Å². The van der Waals surface area contributed by atoms with Crippen LogP contribution in [0.15, 0.2) is 0 Å². The van der Waals surface area contributed by atoms with Crippen LogP contribution < -0.4 is 5.32 Å². The Morgan fingerprint density at radius 1 is 1.57 bits per heavy atom. The summed E-state index contributed by atoms with van der Waals surface area (Å²) in [7, 11) is 3.37. The Kier molecular flexibility index (Phi) is 3.82. The summed E-state index contributed by atoms with van der Waals surface area (Å²) in [6.07, 6.45) is 1.87. The highest BCUT2D eigenvalue weighted by atomic mass is 32.1. The summed E-state index contributed by atoms with van der Waals surface area (Å²) in [5.41, 5.74) is 0. The van der Waals surface area contributed by atoms with E-state index in [9.17, 15) is 4.79 Å². The van der Waals surface area contributed by atoms with Crippen molar-refractivity contribution in [2.24, 2.45) is 0 Å². The van der Waals surface area contributed by atoms with Gasteiger partial charge in [-0.2, -0.15) is 4.37 Å². The summed E-state index contributed by atoms with van der Waals surface area (Å²) in [5, 5.41) is 3.21. The molecule has 2 amide bonds. The van der Waals surface area contributed by atoms with Gasteiger partial charge >= 0.3 is 6.03 Å². The molecule has 0 saturated heterocycles. The monoisotopic (exact) mass is 214 g/mol. The lowest BCUT2D eigenvalue weighted by atomic mass is 10.3. The summed E-state index contributed by atoms with van der Waals surface area (Å²) < 4.78 is 4.12. The van der Waals surface area contributed by atoms with Crippen LogP contribution in [-0.4, -0.2) is 34.4 Å². The fourth-order valence-electron chi connectivity index (χ4n) is 0.833. The van der Waals surface area contributed by atoms with Crippen molar-refractivity contribution in [1.82, 2.24) is 14.3 Å². The molecule has 6 heteroatoms. The van der Waals surface area contributed by atoms with Crippen LogP contribution in [0.4, 0.5) is 9.93 Å². The number of nitrogens with zero attached hydrogens (tertiary/aromatic N) is 3. The summed E-state index contributed by atoms with van der Waals surface area (Å²) in [6, 6.07) is -0.177. The van der Waals surface area contributed by atoms with Crippen molar-refractivity contribution < 1.29 is 4.79 Å². The zero-order chi connectivity index (χ0) is 10.6. The van der Waals surface area contributed by atoms with E-state index in [1.165, 1.54) is 16.4 Å². The number of anilines is 1. The van der Waals surface area contributed by atoms with Gasteiger partial charge in [0.1, 0.15) is 5.82 Å². The second kappa shape index (κ2) is 4.90. The maximum absolute atomic E-state index is 11.2. The highest BCUT2D eigenvalue weighted by molar-refractivity contribution is 7.09. The van der Waals surface area contributed by atoms with Crippen LogP contribution in [-0.2, 0) is 6.42 Å². The molecule has 0 bridgehead atoms. The third-order valence-corrected chi connectivity index (χ3v) is 2.23. The van der Waals surface area contributed by atoms with Crippen molar-refractivity contribution in [2.75, 3.05) is 19.4 Å². The van der Waals surface area contributed by atoms with Gasteiger partial charge in [0.25, 0.3) is 0 Å². The molecule has 5 nitrogen and oxygen atoms in total. The number of nitrogens with one attached hydrogen (secondary N) is 1. The lowest BCUT2D eigenvalue weighted by Gasteiger charge is -2.08. The second-order valence-electron chi connectivity index (χ2n) is 3.09. The van der Waals surface area contributed by atoms with Crippen LogP contribution in [0.5, 0.6) is 0 Å². The first-order valence-electron chi connectivity index (χ1n) is 4.44. The molecule has 0 aromatic carbocycles. The zero-order valence-electron chi connectivity index (χ0n) is 8.57. The number of aryl methyl sites for hydroxylation is 1. The number of amides is 2. The molecule has 0 aliphatic carbocycles. The summed E-state index contributed by atoms with van der Waals surface area (Å²) in [4.78, 5) is 16.9. The minimum absolute atomic E-state index is 0.177. The molecule has 78 valence electrons. The van der Waals surface area contributed by atoms with E-state index in [1.807, 2.05) is 0 Å². The highest BCUT2D eigenvalue weighted by Crippen LogP contribution is 2.12. The molecule has 0 spiro atoms. The molecule has 1 rings (SSSR count). The van der Waals surface area contributed by atoms with Crippen molar-refractivity contribution in [2.45, 2.75) is 19.8 Å². The number of rotatable bonds is 3. The molecule has 0 aliphatic heterocycles. The van der Waals surface area contributed by atoms with Crippen molar-refractivity contribution in [1.29, 1.82) is 0 Å². The van der Waals surface area contributed by atoms with Crippen LogP contribution in [0.3, 0.4) is 0 Å². The summed E-state index contributed by atoms with van der Waals surface area (Å²) in [5.74, 6) is 0.798. The molecular formula is C8H14N4OS. The number of carbonyl (C=O) groups is 1. The molecule has 0 fully saturated rings. The quantitative estimate of drug-likeness (QED) is 0.831. The van der Waals surface area contributed by atoms with E-state index in [2.05, 4.69) is 21.6 Å². The summed E-state index contributed by atoms with van der Waals surface area (Å²) >= 11 is 1.22. The fourth-order valence-corrected chi connectivity index (χ4v) is 1.44. The van der Waals surface area contributed by atoms with E-state index in [0.717, 1.165) is 18.7 Å². The van der Waals surface area contributed by atoms with Gasteiger partial charge in [-0.05, 0) is 6.42 Å². The average Bonchev–Trinajstić information content (AvgIpc) is 2.53. The van der Waals surface area contributed by atoms with Crippen molar-refractivity contribution in [3.05, 3.63) is 5.82 Å². The molecular weight excluding hydrogens is 200 g/mol. The van der Waals surface area contributed by atoms with Crippen LogP contribution in [0.2, 0.25) is 0 Å². The topological polar surface area (TPSA) is 58.1 Å². The molecule has 0 aliphatic rings. The predicted octanol–water partition coefficient (Wildman–Crippen LogP) is 1.58. The maximum Gasteiger partial charge on any atom is 0.323 e.